The molecule has 1 atom stereocenters. The van der Waals surface area contributed by atoms with E-state index in [1.807, 2.05) is 0 Å². The van der Waals surface area contributed by atoms with Crippen molar-refractivity contribution in [3.8, 4) is 0 Å². The minimum absolute atomic E-state index is 0.0865. The highest BCUT2D eigenvalue weighted by Crippen LogP contribution is 2.12. The van der Waals surface area contributed by atoms with Crippen molar-refractivity contribution in [3.63, 3.8) is 0 Å². The number of aliphatic hydroxyl groups is 1. The van der Waals surface area contributed by atoms with Crippen molar-refractivity contribution in [3.05, 3.63) is 146 Å². The first-order chi connectivity index (χ1) is 32.6. The number of aliphatic hydroxyl groups excluding tert-OH is 1. The third-order valence-corrected chi connectivity index (χ3v) is 10.6. The summed E-state index contributed by atoms with van der Waals surface area (Å²) in [6, 6.07) is 0. The van der Waals surface area contributed by atoms with Crippen LogP contribution >= 0.6 is 0 Å². The van der Waals surface area contributed by atoms with Crippen molar-refractivity contribution in [2.24, 2.45) is 0 Å². The molecule has 0 aromatic heterocycles. The Morgan fingerprint density at radius 1 is 0.364 bits per heavy atom. The monoisotopic (exact) mass is 909 g/mol. The van der Waals surface area contributed by atoms with Crippen molar-refractivity contribution in [1.82, 2.24) is 0 Å². The van der Waals surface area contributed by atoms with Gasteiger partial charge in [-0.1, -0.05) is 217 Å². The van der Waals surface area contributed by atoms with Gasteiger partial charge in [-0.3, -0.25) is 9.59 Å². The van der Waals surface area contributed by atoms with Crippen LogP contribution in [0.1, 0.15) is 206 Å². The summed E-state index contributed by atoms with van der Waals surface area (Å²) in [4.78, 5) is 24.4. The number of carbonyl (C=O) groups is 2. The molecule has 0 radical (unpaired) electrons. The summed E-state index contributed by atoms with van der Waals surface area (Å²) < 4.78 is 10.6. The Hall–Kier alpha value is -4.22. The number of rotatable bonds is 46. The second-order valence-electron chi connectivity index (χ2n) is 16.9. The Morgan fingerprint density at radius 2 is 0.652 bits per heavy atom. The molecule has 1 N–H and O–H groups in total. The predicted octanol–water partition coefficient (Wildman–Crippen LogP) is 17.9. The van der Waals surface area contributed by atoms with E-state index in [4.69, 9.17) is 9.47 Å². The molecular weight excluding hydrogens is 813 g/mol. The molecule has 0 aromatic rings. The van der Waals surface area contributed by atoms with Gasteiger partial charge in [0.05, 0.1) is 6.61 Å². The zero-order chi connectivity index (χ0) is 47.7. The van der Waals surface area contributed by atoms with Crippen LogP contribution in [0.5, 0.6) is 0 Å². The van der Waals surface area contributed by atoms with Gasteiger partial charge < -0.3 is 14.6 Å². The Balaban J connectivity index is 3.67. The lowest BCUT2D eigenvalue weighted by Gasteiger charge is -2.15. The number of hydrogen-bond acceptors (Lipinski definition) is 5. The third kappa shape index (κ3) is 52.4. The first-order valence-corrected chi connectivity index (χ1v) is 26.4. The summed E-state index contributed by atoms with van der Waals surface area (Å²) in [5, 5.41) is 9.60. The Labute approximate surface area is 406 Å². The van der Waals surface area contributed by atoms with Crippen molar-refractivity contribution in [1.29, 1.82) is 0 Å². The van der Waals surface area contributed by atoms with E-state index in [1.165, 1.54) is 44.9 Å². The van der Waals surface area contributed by atoms with Crippen LogP contribution in [0, 0.1) is 0 Å². The van der Waals surface area contributed by atoms with Gasteiger partial charge in [-0.15, -0.1) is 0 Å². The van der Waals surface area contributed by atoms with E-state index in [1.54, 1.807) is 0 Å². The average Bonchev–Trinajstić information content (AvgIpc) is 3.32. The highest BCUT2D eigenvalue weighted by atomic mass is 16.6. The molecule has 0 aromatic carbocycles. The molecule has 0 saturated carbocycles. The molecule has 0 aliphatic heterocycles. The first kappa shape index (κ1) is 61.8. The summed E-state index contributed by atoms with van der Waals surface area (Å²) in [5.41, 5.74) is 0. The predicted molar refractivity (Wildman–Crippen MR) is 287 cm³/mol. The molecule has 0 aliphatic rings. The SMILES string of the molecule is CC/C=C\C/C=C\C/C=C\C/C=C\C/C=C\C/C=C\C/C=C\C/C=C\C/C=C\C/C=C\C/C=C\CCCCCCCC(=O)OC(CO)COC(=O)CCCCCCC/C=C\CCCCCC. The molecule has 0 bridgehead atoms. The first-order valence-electron chi connectivity index (χ1n) is 26.4. The molecule has 0 amide bonds. The number of carbonyl (C=O) groups excluding carboxylic acids is 2. The smallest absolute Gasteiger partial charge is 0.306 e. The van der Waals surface area contributed by atoms with E-state index in [-0.39, 0.29) is 25.2 Å². The van der Waals surface area contributed by atoms with Gasteiger partial charge in [0.1, 0.15) is 6.61 Å². The van der Waals surface area contributed by atoms with Gasteiger partial charge in [0.2, 0.25) is 0 Å². The van der Waals surface area contributed by atoms with E-state index in [2.05, 4.69) is 160 Å². The molecule has 0 saturated heterocycles. The lowest BCUT2D eigenvalue weighted by Crippen LogP contribution is -2.28. The molecule has 0 spiro atoms. The topological polar surface area (TPSA) is 72.8 Å². The van der Waals surface area contributed by atoms with Gasteiger partial charge in [0, 0.05) is 12.8 Å². The molecule has 66 heavy (non-hydrogen) atoms. The zero-order valence-corrected chi connectivity index (χ0v) is 42.1. The van der Waals surface area contributed by atoms with Crippen molar-refractivity contribution < 1.29 is 24.2 Å². The van der Waals surface area contributed by atoms with Crippen LogP contribution in [0.2, 0.25) is 0 Å². The molecule has 0 heterocycles. The van der Waals surface area contributed by atoms with Crippen molar-refractivity contribution in [2.45, 2.75) is 213 Å². The highest BCUT2D eigenvalue weighted by molar-refractivity contribution is 5.70. The molecule has 0 aliphatic carbocycles. The highest BCUT2D eigenvalue weighted by Gasteiger charge is 2.16. The minimum atomic E-state index is -0.795. The molecule has 5 nitrogen and oxygen atoms in total. The number of unbranched alkanes of at least 4 members (excludes halogenated alkanes) is 14. The zero-order valence-electron chi connectivity index (χ0n) is 42.1. The van der Waals surface area contributed by atoms with Crippen LogP contribution < -0.4 is 0 Å². The van der Waals surface area contributed by atoms with Crippen LogP contribution in [0.25, 0.3) is 0 Å². The van der Waals surface area contributed by atoms with Gasteiger partial charge in [0.15, 0.2) is 6.10 Å². The maximum absolute atomic E-state index is 12.2. The summed E-state index contributed by atoms with van der Waals surface area (Å²) in [7, 11) is 0. The van der Waals surface area contributed by atoms with Crippen molar-refractivity contribution >= 4 is 11.9 Å². The largest absolute Gasteiger partial charge is 0.462 e. The van der Waals surface area contributed by atoms with E-state index in [0.29, 0.717) is 12.8 Å². The van der Waals surface area contributed by atoms with Gasteiger partial charge in [-0.2, -0.15) is 0 Å². The van der Waals surface area contributed by atoms with E-state index in [9.17, 15) is 14.7 Å². The Bertz CT molecular complexity index is 1450. The minimum Gasteiger partial charge on any atom is -0.462 e. The molecule has 370 valence electrons. The lowest BCUT2D eigenvalue weighted by atomic mass is 10.1. The molecule has 0 rings (SSSR count). The maximum Gasteiger partial charge on any atom is 0.306 e. The second-order valence-corrected chi connectivity index (χ2v) is 16.9. The van der Waals surface area contributed by atoms with Gasteiger partial charge in [-0.25, -0.2) is 0 Å². The van der Waals surface area contributed by atoms with Gasteiger partial charge in [0.25, 0.3) is 0 Å². The Kier molecular flexibility index (Phi) is 51.6. The van der Waals surface area contributed by atoms with Crippen LogP contribution in [-0.4, -0.2) is 36.4 Å². The number of allylic oxidation sites excluding steroid dienone is 24. The van der Waals surface area contributed by atoms with Crippen LogP contribution in [0.4, 0.5) is 0 Å². The van der Waals surface area contributed by atoms with E-state index < -0.39 is 6.10 Å². The number of hydrogen-bond donors (Lipinski definition) is 1. The maximum atomic E-state index is 12.2. The summed E-state index contributed by atoms with van der Waals surface area (Å²) in [5.74, 6) is -0.634. The lowest BCUT2D eigenvalue weighted by molar-refractivity contribution is -0.161. The average molecular weight is 909 g/mol. The fraction of sp³-hybridized carbons (Fsp3) is 0.574. The van der Waals surface area contributed by atoms with E-state index in [0.717, 1.165) is 135 Å². The summed E-state index contributed by atoms with van der Waals surface area (Å²) in [6.07, 6.45) is 83.7. The van der Waals surface area contributed by atoms with Crippen LogP contribution in [0.15, 0.2) is 146 Å². The quantitative estimate of drug-likeness (QED) is 0.0374. The second kappa shape index (κ2) is 55.1. The van der Waals surface area contributed by atoms with Gasteiger partial charge in [-0.05, 0) is 122 Å². The van der Waals surface area contributed by atoms with Crippen LogP contribution in [-0.2, 0) is 19.1 Å². The van der Waals surface area contributed by atoms with Gasteiger partial charge >= 0.3 is 11.9 Å². The Morgan fingerprint density at radius 3 is 1.00 bits per heavy atom. The summed E-state index contributed by atoms with van der Waals surface area (Å²) in [6.45, 7) is 3.97. The third-order valence-electron chi connectivity index (χ3n) is 10.6. The van der Waals surface area contributed by atoms with Crippen molar-refractivity contribution in [2.75, 3.05) is 13.2 Å². The fourth-order valence-electron chi connectivity index (χ4n) is 6.67. The standard InChI is InChI=1S/C61H96O5/c1-3-5-7-9-11-13-15-17-18-19-20-21-22-23-24-25-26-27-28-29-30-31-32-33-34-35-36-37-38-39-40-41-42-44-46-48-50-52-54-56-61(64)66-59(57-62)58-65-60(63)55-53-51-49-47-45-43-16-14-12-10-8-6-4-2/h5,7,11,13-14,16-18,20-21,23-24,26-27,29-30,32-33,35-36,38-39,41-42,59,62H,3-4,6,8-10,12,15,19,22,25,28,31,34,37,40,43-58H2,1-2H3/b7-5-,13-11-,16-14-,18-17-,21-20-,24-23-,27-26-,30-29-,33-32-,36-35-,39-38-,42-41-. The summed E-state index contributed by atoms with van der Waals surface area (Å²) >= 11 is 0. The molecule has 1 unspecified atom stereocenters. The molecular formula is C61H96O5. The fourth-order valence-corrected chi connectivity index (χ4v) is 6.67. The van der Waals surface area contributed by atoms with Crippen LogP contribution in [0.3, 0.4) is 0 Å². The van der Waals surface area contributed by atoms with E-state index >= 15 is 0 Å². The number of esters is 2. The molecule has 5 heteroatoms. The molecule has 0 fully saturated rings. The normalized spacial score (nSPS) is 13.4. The number of ether oxygens (including phenoxy) is 2.